The minimum atomic E-state index is -0.782. The molecule has 0 aliphatic heterocycles. The molecule has 0 aliphatic rings. The lowest BCUT2D eigenvalue weighted by atomic mass is 10.0. The summed E-state index contributed by atoms with van der Waals surface area (Å²) in [6.07, 6.45) is 87.7. The highest BCUT2D eigenvalue weighted by Crippen LogP contribution is 2.17. The largest absolute Gasteiger partial charge is 0.462 e. The molecule has 0 aromatic rings. The van der Waals surface area contributed by atoms with Crippen molar-refractivity contribution in [2.45, 2.75) is 361 Å². The van der Waals surface area contributed by atoms with Crippen molar-refractivity contribution < 1.29 is 28.6 Å². The lowest BCUT2D eigenvalue weighted by molar-refractivity contribution is -0.167. The van der Waals surface area contributed by atoms with E-state index < -0.39 is 6.10 Å². The first-order valence-electron chi connectivity index (χ1n) is 34.4. The van der Waals surface area contributed by atoms with E-state index in [2.05, 4.69) is 93.7 Å². The number of carbonyl (C=O) groups is 3. The standard InChI is InChI=1S/C73H130O6/c1-4-7-10-13-16-19-22-25-27-29-31-32-33-34-35-36-37-38-39-40-42-43-45-48-51-54-57-60-63-66-72(75)78-69-70(68-77-71(74)65-62-59-56-53-50-47-24-21-18-15-12-9-6-3)79-73(76)67-64-61-58-55-52-49-46-44-41-30-28-26-23-20-17-14-11-8-5-2/h17,20,22,25-26,28-29,31,33-34,41,44,70H,4-16,18-19,21,23-24,27,30,32,35-40,42-43,45-69H2,1-3H3/b20-17-,25-22-,28-26-,31-29-,34-33-,44-41-. The van der Waals surface area contributed by atoms with Crippen molar-refractivity contribution in [2.75, 3.05) is 13.2 Å². The molecule has 458 valence electrons. The molecule has 79 heavy (non-hydrogen) atoms. The Balaban J connectivity index is 4.25. The molecule has 0 aliphatic carbocycles. The second kappa shape index (κ2) is 67.4. The second-order valence-corrected chi connectivity index (χ2v) is 23.1. The Hall–Kier alpha value is -3.15. The molecule has 0 aromatic carbocycles. The molecule has 0 rings (SSSR count). The third-order valence-electron chi connectivity index (χ3n) is 15.2. The van der Waals surface area contributed by atoms with Crippen LogP contribution in [0.15, 0.2) is 72.9 Å². The topological polar surface area (TPSA) is 78.9 Å². The predicted molar refractivity (Wildman–Crippen MR) is 344 cm³/mol. The van der Waals surface area contributed by atoms with Crippen molar-refractivity contribution in [3.8, 4) is 0 Å². The van der Waals surface area contributed by atoms with E-state index in [9.17, 15) is 14.4 Å². The Morgan fingerprint density at radius 3 is 0.734 bits per heavy atom. The average Bonchev–Trinajstić information content (AvgIpc) is 3.45. The summed E-state index contributed by atoms with van der Waals surface area (Å²) in [5.74, 6) is -0.872. The van der Waals surface area contributed by atoms with Gasteiger partial charge in [-0.2, -0.15) is 0 Å². The first-order valence-corrected chi connectivity index (χ1v) is 34.4. The average molecular weight is 1100 g/mol. The van der Waals surface area contributed by atoms with Crippen molar-refractivity contribution in [2.24, 2.45) is 0 Å². The van der Waals surface area contributed by atoms with Crippen molar-refractivity contribution in [1.29, 1.82) is 0 Å². The van der Waals surface area contributed by atoms with Gasteiger partial charge in [-0.15, -0.1) is 0 Å². The minimum absolute atomic E-state index is 0.0770. The van der Waals surface area contributed by atoms with Gasteiger partial charge in [-0.1, -0.05) is 312 Å². The van der Waals surface area contributed by atoms with Gasteiger partial charge in [-0.3, -0.25) is 14.4 Å². The monoisotopic (exact) mass is 1100 g/mol. The molecule has 0 N–H and O–H groups in total. The van der Waals surface area contributed by atoms with Crippen LogP contribution >= 0.6 is 0 Å². The van der Waals surface area contributed by atoms with Crippen LogP contribution in [0.4, 0.5) is 0 Å². The van der Waals surface area contributed by atoms with Crippen LogP contribution in [0.1, 0.15) is 355 Å². The lowest BCUT2D eigenvalue weighted by Gasteiger charge is -2.18. The summed E-state index contributed by atoms with van der Waals surface area (Å²) in [5, 5.41) is 0. The molecule has 0 bridgehead atoms. The third-order valence-corrected chi connectivity index (χ3v) is 15.2. The number of hydrogen-bond acceptors (Lipinski definition) is 6. The zero-order valence-electron chi connectivity index (χ0n) is 52.6. The van der Waals surface area contributed by atoms with Crippen LogP contribution in [0.5, 0.6) is 0 Å². The first kappa shape index (κ1) is 75.8. The Bertz CT molecular complexity index is 1450. The molecule has 6 heteroatoms. The van der Waals surface area contributed by atoms with Crippen LogP contribution in [0.25, 0.3) is 0 Å². The number of rotatable bonds is 63. The van der Waals surface area contributed by atoms with Crippen molar-refractivity contribution in [3.63, 3.8) is 0 Å². The highest BCUT2D eigenvalue weighted by molar-refractivity contribution is 5.71. The van der Waals surface area contributed by atoms with Crippen molar-refractivity contribution >= 4 is 17.9 Å². The van der Waals surface area contributed by atoms with E-state index in [4.69, 9.17) is 14.2 Å². The molecule has 0 heterocycles. The summed E-state index contributed by atoms with van der Waals surface area (Å²) >= 11 is 0. The van der Waals surface area contributed by atoms with Crippen molar-refractivity contribution in [1.82, 2.24) is 0 Å². The molecule has 1 unspecified atom stereocenters. The number of carbonyl (C=O) groups excluding carboxylic acids is 3. The normalized spacial score (nSPS) is 12.5. The van der Waals surface area contributed by atoms with Crippen LogP contribution < -0.4 is 0 Å². The van der Waals surface area contributed by atoms with E-state index in [-0.39, 0.29) is 31.1 Å². The third kappa shape index (κ3) is 65.5. The quantitative estimate of drug-likeness (QED) is 0.0261. The Labute approximate surface area is 491 Å². The smallest absolute Gasteiger partial charge is 0.306 e. The van der Waals surface area contributed by atoms with Gasteiger partial charge < -0.3 is 14.2 Å². The van der Waals surface area contributed by atoms with E-state index >= 15 is 0 Å². The molecule has 0 radical (unpaired) electrons. The fraction of sp³-hybridized carbons (Fsp3) is 0.795. The fourth-order valence-corrected chi connectivity index (χ4v) is 9.99. The number of hydrogen-bond donors (Lipinski definition) is 0. The first-order chi connectivity index (χ1) is 39.0. The maximum atomic E-state index is 12.9. The van der Waals surface area contributed by atoms with Gasteiger partial charge in [0.2, 0.25) is 0 Å². The predicted octanol–water partition coefficient (Wildman–Crippen LogP) is 23.7. The molecule has 0 saturated heterocycles. The number of esters is 3. The molecular weight excluding hydrogens is 973 g/mol. The minimum Gasteiger partial charge on any atom is -0.462 e. The van der Waals surface area contributed by atoms with E-state index in [1.165, 1.54) is 218 Å². The molecule has 1 atom stereocenters. The summed E-state index contributed by atoms with van der Waals surface area (Å²) in [7, 11) is 0. The highest BCUT2D eigenvalue weighted by atomic mass is 16.6. The van der Waals surface area contributed by atoms with E-state index in [1.54, 1.807) is 0 Å². The summed E-state index contributed by atoms with van der Waals surface area (Å²) in [6, 6.07) is 0. The summed E-state index contributed by atoms with van der Waals surface area (Å²) in [5.41, 5.74) is 0. The Morgan fingerprint density at radius 2 is 0.456 bits per heavy atom. The molecule has 0 spiro atoms. The van der Waals surface area contributed by atoms with Gasteiger partial charge in [0.05, 0.1) is 0 Å². The zero-order valence-corrected chi connectivity index (χ0v) is 52.6. The van der Waals surface area contributed by atoms with Gasteiger partial charge in [0.15, 0.2) is 6.10 Å². The van der Waals surface area contributed by atoms with E-state index in [1.807, 2.05) is 0 Å². The molecule has 6 nitrogen and oxygen atoms in total. The van der Waals surface area contributed by atoms with Crippen LogP contribution in [0.2, 0.25) is 0 Å². The second-order valence-electron chi connectivity index (χ2n) is 23.1. The number of ether oxygens (including phenoxy) is 3. The van der Waals surface area contributed by atoms with Gasteiger partial charge in [-0.25, -0.2) is 0 Å². The van der Waals surface area contributed by atoms with Gasteiger partial charge in [0.25, 0.3) is 0 Å². The summed E-state index contributed by atoms with van der Waals surface area (Å²) in [6.45, 7) is 6.63. The molecular formula is C73H130O6. The fourth-order valence-electron chi connectivity index (χ4n) is 9.99. The van der Waals surface area contributed by atoms with E-state index in [0.29, 0.717) is 19.3 Å². The van der Waals surface area contributed by atoms with Crippen LogP contribution in [-0.2, 0) is 28.6 Å². The Kier molecular flexibility index (Phi) is 64.7. The molecule has 0 fully saturated rings. The van der Waals surface area contributed by atoms with Gasteiger partial charge in [-0.05, 0) is 96.3 Å². The van der Waals surface area contributed by atoms with Crippen molar-refractivity contribution in [3.05, 3.63) is 72.9 Å². The molecule has 0 aromatic heterocycles. The lowest BCUT2D eigenvalue weighted by Crippen LogP contribution is -2.30. The summed E-state index contributed by atoms with van der Waals surface area (Å²) < 4.78 is 17.0. The Morgan fingerprint density at radius 1 is 0.253 bits per heavy atom. The SMILES string of the molecule is CCCCC/C=C\C/C=C\C/C=C\CCCCCCCCC(=O)OC(COC(=O)CCCCCCCCCCCCCCC)COC(=O)CCCCCCCCCCCCCCCC/C=C\C/C=C\C/C=C\CCCCCCC. The maximum absolute atomic E-state index is 12.9. The van der Waals surface area contributed by atoms with Crippen LogP contribution in [0, 0.1) is 0 Å². The summed E-state index contributed by atoms with van der Waals surface area (Å²) in [4.78, 5) is 38.4. The molecule has 0 saturated carbocycles. The van der Waals surface area contributed by atoms with Gasteiger partial charge >= 0.3 is 17.9 Å². The highest BCUT2D eigenvalue weighted by Gasteiger charge is 2.19. The van der Waals surface area contributed by atoms with Gasteiger partial charge in [0.1, 0.15) is 13.2 Å². The maximum Gasteiger partial charge on any atom is 0.306 e. The van der Waals surface area contributed by atoms with E-state index in [0.717, 1.165) is 96.3 Å². The zero-order chi connectivity index (χ0) is 57.1. The van der Waals surface area contributed by atoms with Crippen LogP contribution in [0.3, 0.4) is 0 Å². The van der Waals surface area contributed by atoms with Crippen LogP contribution in [-0.4, -0.2) is 37.2 Å². The molecule has 0 amide bonds. The van der Waals surface area contributed by atoms with Gasteiger partial charge in [0, 0.05) is 19.3 Å². The number of allylic oxidation sites excluding steroid dienone is 12. The number of unbranched alkanes of at least 4 members (excludes halogenated alkanes) is 40.